The van der Waals surface area contributed by atoms with Crippen LogP contribution in [0.1, 0.15) is 168 Å². The van der Waals surface area contributed by atoms with Gasteiger partial charge in [0.1, 0.15) is 30.5 Å². The van der Waals surface area contributed by atoms with E-state index in [-0.39, 0.29) is 6.42 Å². The minimum Gasteiger partial charge on any atom is -0.394 e. The molecule has 1 amide bonds. The monoisotopic (exact) mass is 782 g/mol. The summed E-state index contributed by atoms with van der Waals surface area (Å²) in [7, 11) is -5.11. The number of hydrogen-bond donors (Lipinski definition) is 7. The van der Waals surface area contributed by atoms with Gasteiger partial charge in [-0.25, -0.2) is 4.18 Å². The third-order valence-corrected chi connectivity index (χ3v) is 10.4. The van der Waals surface area contributed by atoms with Crippen LogP contribution in [0.5, 0.6) is 0 Å². The molecule has 1 aliphatic rings. The summed E-state index contributed by atoms with van der Waals surface area (Å²) in [4.78, 5) is 13.0. The Morgan fingerprint density at radius 3 is 1.70 bits per heavy atom. The van der Waals surface area contributed by atoms with Crippen LogP contribution in [-0.4, -0.2) is 107 Å². The molecule has 53 heavy (non-hydrogen) atoms. The van der Waals surface area contributed by atoms with Crippen LogP contribution in [-0.2, 0) is 28.9 Å². The lowest BCUT2D eigenvalue weighted by atomic mass is 9.99. The molecule has 1 rings (SSSR count). The molecule has 0 aromatic rings. The molecule has 0 spiro atoms. The fraction of sp³-hybridized carbons (Fsp3) is 0.923. The van der Waals surface area contributed by atoms with E-state index >= 15 is 0 Å². The van der Waals surface area contributed by atoms with Gasteiger partial charge in [-0.05, 0) is 19.3 Å². The molecular weight excluding hydrogens is 706 g/mol. The summed E-state index contributed by atoms with van der Waals surface area (Å²) in [6.45, 7) is 3.17. The molecule has 1 saturated heterocycles. The summed E-state index contributed by atoms with van der Waals surface area (Å²) in [5.41, 5.74) is 0. The van der Waals surface area contributed by atoms with Crippen LogP contribution >= 0.6 is 0 Å². The Labute approximate surface area is 320 Å². The molecular formula is C39H75NO12S. The third-order valence-electron chi connectivity index (χ3n) is 9.93. The molecule has 14 heteroatoms. The second-order valence-corrected chi connectivity index (χ2v) is 15.8. The molecule has 0 saturated carbocycles. The highest BCUT2D eigenvalue weighted by atomic mass is 32.3. The Kier molecular flexibility index (Phi) is 29.1. The first kappa shape index (κ1) is 49.8. The highest BCUT2D eigenvalue weighted by Crippen LogP contribution is 2.26. The number of allylic oxidation sites excluding steroid dienone is 1. The van der Waals surface area contributed by atoms with Crippen molar-refractivity contribution in [3.8, 4) is 0 Å². The molecule has 1 fully saturated rings. The van der Waals surface area contributed by atoms with Crippen molar-refractivity contribution in [1.82, 2.24) is 5.32 Å². The highest BCUT2D eigenvalue weighted by Gasteiger charge is 2.48. The van der Waals surface area contributed by atoms with Crippen molar-refractivity contribution in [1.29, 1.82) is 0 Å². The number of nitrogens with one attached hydrogen (secondary N) is 1. The van der Waals surface area contributed by atoms with Crippen molar-refractivity contribution >= 4 is 16.3 Å². The van der Waals surface area contributed by atoms with Gasteiger partial charge >= 0.3 is 10.4 Å². The summed E-state index contributed by atoms with van der Waals surface area (Å²) >= 11 is 0. The number of amides is 1. The summed E-state index contributed by atoms with van der Waals surface area (Å²) in [5, 5.41) is 54.9. The number of unbranched alkanes of at least 4 members (excludes halogenated alkanes) is 21. The van der Waals surface area contributed by atoms with Gasteiger partial charge in [0.2, 0.25) is 5.91 Å². The predicted molar refractivity (Wildman–Crippen MR) is 205 cm³/mol. The zero-order chi connectivity index (χ0) is 39.3. The van der Waals surface area contributed by atoms with Crippen molar-refractivity contribution in [3.63, 3.8) is 0 Å². The van der Waals surface area contributed by atoms with Gasteiger partial charge in [0.15, 0.2) is 6.29 Å². The fourth-order valence-corrected chi connectivity index (χ4v) is 7.09. The van der Waals surface area contributed by atoms with E-state index in [0.29, 0.717) is 12.8 Å². The van der Waals surface area contributed by atoms with E-state index in [9.17, 15) is 38.7 Å². The first-order chi connectivity index (χ1) is 25.4. The molecule has 0 aromatic heterocycles. The van der Waals surface area contributed by atoms with Gasteiger partial charge in [0.25, 0.3) is 0 Å². The van der Waals surface area contributed by atoms with Gasteiger partial charge < -0.3 is 40.3 Å². The molecule has 314 valence electrons. The SMILES string of the molecule is CCCCCCCCCCC/C=C/C(O)C(COC1OC(CO)C(O)C(OS(=O)(=O)O)C1O)NC(=O)C(O)CCCCCCCCCCCCCCC. The average Bonchev–Trinajstić information content (AvgIpc) is 3.12. The Morgan fingerprint density at radius 1 is 0.755 bits per heavy atom. The molecule has 0 aliphatic carbocycles. The van der Waals surface area contributed by atoms with E-state index in [1.54, 1.807) is 0 Å². The van der Waals surface area contributed by atoms with Crippen LogP contribution in [0.3, 0.4) is 0 Å². The van der Waals surface area contributed by atoms with Crippen LogP contribution < -0.4 is 5.32 Å². The van der Waals surface area contributed by atoms with Crippen LogP contribution in [0.4, 0.5) is 0 Å². The van der Waals surface area contributed by atoms with E-state index < -0.39 is 78.5 Å². The van der Waals surface area contributed by atoms with Crippen molar-refractivity contribution in [2.45, 2.75) is 217 Å². The van der Waals surface area contributed by atoms with E-state index in [4.69, 9.17) is 14.0 Å². The number of carbonyl (C=O) groups is 1. The maximum absolute atomic E-state index is 13.0. The number of carbonyl (C=O) groups excluding carboxylic acids is 1. The maximum Gasteiger partial charge on any atom is 0.397 e. The van der Waals surface area contributed by atoms with Gasteiger partial charge in [0.05, 0.1) is 25.4 Å². The molecule has 0 bridgehead atoms. The van der Waals surface area contributed by atoms with Crippen LogP contribution in [0.25, 0.3) is 0 Å². The number of ether oxygens (including phenoxy) is 2. The number of rotatable bonds is 34. The quantitative estimate of drug-likeness (QED) is 0.0235. The number of aliphatic hydroxyl groups is 5. The first-order valence-corrected chi connectivity index (χ1v) is 22.0. The lowest BCUT2D eigenvalue weighted by Crippen LogP contribution is -2.61. The molecule has 0 aromatic carbocycles. The lowest BCUT2D eigenvalue weighted by molar-refractivity contribution is -0.298. The second-order valence-electron chi connectivity index (χ2n) is 14.7. The van der Waals surface area contributed by atoms with Gasteiger partial charge in [-0.15, -0.1) is 0 Å². The summed E-state index contributed by atoms with van der Waals surface area (Å²) in [6.07, 6.45) is 18.8. The Hall–Kier alpha value is -1.20. The van der Waals surface area contributed by atoms with Crippen LogP contribution in [0.15, 0.2) is 12.2 Å². The minimum atomic E-state index is -5.11. The van der Waals surface area contributed by atoms with Crippen molar-refractivity contribution in [2.75, 3.05) is 13.2 Å². The maximum atomic E-state index is 13.0. The molecule has 7 N–H and O–H groups in total. The smallest absolute Gasteiger partial charge is 0.394 e. The second kappa shape index (κ2) is 31.0. The Bertz CT molecular complexity index is 1030. The third kappa shape index (κ3) is 24.1. The molecule has 8 atom stereocenters. The largest absolute Gasteiger partial charge is 0.397 e. The van der Waals surface area contributed by atoms with Gasteiger partial charge in [0, 0.05) is 0 Å². The van der Waals surface area contributed by atoms with E-state index in [0.717, 1.165) is 38.5 Å². The van der Waals surface area contributed by atoms with Gasteiger partial charge in [-0.2, -0.15) is 8.42 Å². The van der Waals surface area contributed by atoms with E-state index in [2.05, 4.69) is 23.3 Å². The lowest BCUT2D eigenvalue weighted by Gasteiger charge is -2.41. The Balaban J connectivity index is 2.66. The Morgan fingerprint density at radius 2 is 1.23 bits per heavy atom. The molecule has 13 nitrogen and oxygen atoms in total. The minimum absolute atomic E-state index is 0.247. The summed E-state index contributed by atoms with van der Waals surface area (Å²) in [6, 6.07) is -1.11. The summed E-state index contributed by atoms with van der Waals surface area (Å²) in [5.74, 6) is -0.703. The zero-order valence-corrected chi connectivity index (χ0v) is 33.5. The molecule has 8 unspecified atom stereocenters. The van der Waals surface area contributed by atoms with Gasteiger partial charge in [-0.3, -0.25) is 9.35 Å². The van der Waals surface area contributed by atoms with Crippen LogP contribution in [0.2, 0.25) is 0 Å². The molecule has 0 radical (unpaired) electrons. The van der Waals surface area contributed by atoms with Gasteiger partial charge in [-0.1, -0.05) is 161 Å². The highest BCUT2D eigenvalue weighted by molar-refractivity contribution is 7.80. The molecule has 1 heterocycles. The fourth-order valence-electron chi connectivity index (χ4n) is 6.58. The van der Waals surface area contributed by atoms with Crippen molar-refractivity contribution < 1.29 is 57.0 Å². The van der Waals surface area contributed by atoms with Crippen LogP contribution in [0, 0.1) is 0 Å². The predicted octanol–water partition coefficient (Wildman–Crippen LogP) is 5.80. The van der Waals surface area contributed by atoms with Crippen molar-refractivity contribution in [3.05, 3.63) is 12.2 Å². The van der Waals surface area contributed by atoms with E-state index in [1.807, 2.05) is 6.08 Å². The molecule has 1 aliphatic heterocycles. The first-order valence-electron chi connectivity index (χ1n) is 20.7. The topological polar surface area (TPSA) is 212 Å². The standard InChI is InChI=1S/C39H75NO12S/c1-3-5-7-9-11-13-15-16-18-20-22-24-26-28-33(43)38(46)40-31(32(42)27-25-23-21-19-17-14-12-10-8-6-4-2)30-50-39-36(45)37(52-53(47,48)49)35(44)34(29-41)51-39/h25,27,31-37,39,41-45H,3-24,26,28-30H2,1-2H3,(H,40,46)(H,47,48,49)/b27-25+. The van der Waals surface area contributed by atoms with E-state index in [1.165, 1.54) is 102 Å². The zero-order valence-electron chi connectivity index (χ0n) is 32.7. The average molecular weight is 782 g/mol. The number of aliphatic hydroxyl groups excluding tert-OH is 5. The number of hydrogen-bond acceptors (Lipinski definition) is 11. The van der Waals surface area contributed by atoms with Crippen molar-refractivity contribution in [2.24, 2.45) is 0 Å². The normalized spacial score (nSPS) is 22.6. The summed E-state index contributed by atoms with van der Waals surface area (Å²) < 4.78 is 47.3.